The fourth-order valence-electron chi connectivity index (χ4n) is 2.15. The van der Waals surface area contributed by atoms with Crippen molar-refractivity contribution in [2.45, 2.75) is 18.9 Å². The molecule has 0 aromatic heterocycles. The Morgan fingerprint density at radius 2 is 2.00 bits per heavy atom. The number of hydrogen-bond donors (Lipinski definition) is 1. The van der Waals surface area contributed by atoms with Crippen molar-refractivity contribution in [3.63, 3.8) is 0 Å². The summed E-state index contributed by atoms with van der Waals surface area (Å²) >= 11 is 0. The van der Waals surface area contributed by atoms with Gasteiger partial charge in [-0.2, -0.15) is 0 Å². The number of piperazine rings is 1. The minimum absolute atomic E-state index is 0.250. The second-order valence-corrected chi connectivity index (χ2v) is 4.76. The molecule has 102 valence electrons. The van der Waals surface area contributed by atoms with Crippen LogP contribution in [0.25, 0.3) is 0 Å². The summed E-state index contributed by atoms with van der Waals surface area (Å²) < 4.78 is 5.00. The average molecular weight is 255 g/mol. The summed E-state index contributed by atoms with van der Waals surface area (Å²) in [6, 6.07) is 0.250. The summed E-state index contributed by atoms with van der Waals surface area (Å²) in [5.41, 5.74) is 0. The minimum atomic E-state index is -0.364. The average Bonchev–Trinajstić information content (AvgIpc) is 3.24. The summed E-state index contributed by atoms with van der Waals surface area (Å²) in [5, 5.41) is 3.17. The molecule has 6 heteroatoms. The molecule has 0 aromatic rings. The molecule has 2 aliphatic rings. The van der Waals surface area contributed by atoms with Gasteiger partial charge in [0.1, 0.15) is 0 Å². The van der Waals surface area contributed by atoms with Crippen LogP contribution in [0, 0.1) is 0 Å². The van der Waals surface area contributed by atoms with Crippen molar-refractivity contribution in [3.8, 4) is 0 Å². The molecule has 1 aliphatic carbocycles. The molecule has 2 amide bonds. The third kappa shape index (κ3) is 3.20. The van der Waals surface area contributed by atoms with Crippen LogP contribution >= 0.6 is 0 Å². The Hall–Kier alpha value is -1.14. The highest BCUT2D eigenvalue weighted by atomic mass is 16.5. The minimum Gasteiger partial charge on any atom is -0.383 e. The summed E-state index contributed by atoms with van der Waals surface area (Å²) in [6.07, 6.45) is 2.01. The van der Waals surface area contributed by atoms with E-state index in [0.717, 1.165) is 25.9 Å². The quantitative estimate of drug-likeness (QED) is 0.658. The van der Waals surface area contributed by atoms with Gasteiger partial charge in [0.25, 0.3) is 0 Å². The molecule has 0 radical (unpaired) electrons. The lowest BCUT2D eigenvalue weighted by molar-refractivity contribution is -0.152. The molecule has 6 nitrogen and oxygen atoms in total. The third-order valence-electron chi connectivity index (χ3n) is 3.37. The monoisotopic (exact) mass is 255 g/mol. The predicted octanol–water partition coefficient (Wildman–Crippen LogP) is -0.944. The molecule has 0 aromatic carbocycles. The summed E-state index contributed by atoms with van der Waals surface area (Å²) in [5.74, 6) is -0.726. The van der Waals surface area contributed by atoms with Crippen LogP contribution in [0.1, 0.15) is 12.8 Å². The lowest BCUT2D eigenvalue weighted by atomic mass is 10.3. The van der Waals surface area contributed by atoms with Crippen LogP contribution in [-0.2, 0) is 14.3 Å². The van der Waals surface area contributed by atoms with Gasteiger partial charge in [0.15, 0.2) is 0 Å². The van der Waals surface area contributed by atoms with Crippen molar-refractivity contribution >= 4 is 11.8 Å². The van der Waals surface area contributed by atoms with Gasteiger partial charge in [-0.05, 0) is 12.8 Å². The Labute approximate surface area is 107 Å². The number of methoxy groups -OCH3 is 1. The first kappa shape index (κ1) is 13.3. The van der Waals surface area contributed by atoms with E-state index in [2.05, 4.69) is 5.32 Å². The first-order valence-corrected chi connectivity index (χ1v) is 6.53. The number of nitrogens with one attached hydrogen (secondary N) is 1. The lowest BCUT2D eigenvalue weighted by Crippen LogP contribution is -2.53. The number of hydrogen-bond acceptors (Lipinski definition) is 4. The first-order valence-electron chi connectivity index (χ1n) is 6.53. The molecule has 2 fully saturated rings. The zero-order valence-electron chi connectivity index (χ0n) is 10.9. The van der Waals surface area contributed by atoms with Crippen LogP contribution in [0.4, 0.5) is 0 Å². The zero-order valence-corrected chi connectivity index (χ0v) is 10.9. The number of ether oxygens (including phenoxy) is 1. The van der Waals surface area contributed by atoms with Crippen LogP contribution in [-0.4, -0.2) is 74.1 Å². The van der Waals surface area contributed by atoms with Gasteiger partial charge in [-0.15, -0.1) is 0 Å². The second-order valence-electron chi connectivity index (χ2n) is 4.76. The summed E-state index contributed by atoms with van der Waals surface area (Å²) in [7, 11) is 1.60. The highest BCUT2D eigenvalue weighted by molar-refractivity contribution is 6.35. The van der Waals surface area contributed by atoms with E-state index >= 15 is 0 Å². The fraction of sp³-hybridized carbons (Fsp3) is 0.833. The zero-order chi connectivity index (χ0) is 13.0. The molecule has 18 heavy (non-hydrogen) atoms. The van der Waals surface area contributed by atoms with Crippen molar-refractivity contribution in [3.05, 3.63) is 0 Å². The second kappa shape index (κ2) is 6.15. The van der Waals surface area contributed by atoms with Gasteiger partial charge in [0.2, 0.25) is 0 Å². The van der Waals surface area contributed by atoms with Gasteiger partial charge >= 0.3 is 11.8 Å². The van der Waals surface area contributed by atoms with E-state index in [1.54, 1.807) is 16.9 Å². The van der Waals surface area contributed by atoms with E-state index in [1.807, 2.05) is 0 Å². The van der Waals surface area contributed by atoms with E-state index in [0.29, 0.717) is 26.2 Å². The van der Waals surface area contributed by atoms with E-state index in [-0.39, 0.29) is 17.9 Å². The number of rotatable bonds is 4. The molecule has 1 heterocycles. The highest BCUT2D eigenvalue weighted by Crippen LogP contribution is 2.26. The van der Waals surface area contributed by atoms with Crippen molar-refractivity contribution < 1.29 is 14.3 Å². The predicted molar refractivity (Wildman–Crippen MR) is 66.1 cm³/mol. The maximum Gasteiger partial charge on any atom is 0.312 e. The smallest absolute Gasteiger partial charge is 0.312 e. The molecule has 1 saturated carbocycles. The van der Waals surface area contributed by atoms with Crippen LogP contribution in [0.15, 0.2) is 0 Å². The molecule has 0 spiro atoms. The van der Waals surface area contributed by atoms with Gasteiger partial charge in [0.05, 0.1) is 6.61 Å². The van der Waals surface area contributed by atoms with E-state index in [4.69, 9.17) is 4.74 Å². The Balaban J connectivity index is 1.91. The Morgan fingerprint density at radius 3 is 2.56 bits per heavy atom. The molecular weight excluding hydrogens is 234 g/mol. The van der Waals surface area contributed by atoms with Crippen LogP contribution in [0.3, 0.4) is 0 Å². The largest absolute Gasteiger partial charge is 0.383 e. The molecule has 0 atom stereocenters. The number of amides is 2. The van der Waals surface area contributed by atoms with Crippen molar-refractivity contribution in [1.29, 1.82) is 0 Å². The Morgan fingerprint density at radius 1 is 1.33 bits per heavy atom. The SMILES string of the molecule is COCCN(C(=O)C(=O)N1CCNCC1)C1CC1. The van der Waals surface area contributed by atoms with Crippen LogP contribution in [0.5, 0.6) is 0 Å². The molecule has 1 N–H and O–H groups in total. The first-order chi connectivity index (χ1) is 8.74. The van der Waals surface area contributed by atoms with E-state index in [9.17, 15) is 9.59 Å². The third-order valence-corrected chi connectivity index (χ3v) is 3.37. The number of carbonyl (C=O) groups excluding carboxylic acids is 2. The highest BCUT2D eigenvalue weighted by Gasteiger charge is 2.37. The topological polar surface area (TPSA) is 61.9 Å². The van der Waals surface area contributed by atoms with E-state index in [1.165, 1.54) is 0 Å². The number of carbonyl (C=O) groups is 2. The van der Waals surface area contributed by atoms with E-state index < -0.39 is 0 Å². The van der Waals surface area contributed by atoms with Crippen LogP contribution < -0.4 is 5.32 Å². The summed E-state index contributed by atoms with van der Waals surface area (Å²) in [6.45, 7) is 3.76. The van der Waals surface area contributed by atoms with Gasteiger partial charge in [0, 0.05) is 45.9 Å². The molecule has 0 unspecified atom stereocenters. The van der Waals surface area contributed by atoms with Crippen LogP contribution in [0.2, 0.25) is 0 Å². The van der Waals surface area contributed by atoms with Gasteiger partial charge < -0.3 is 19.9 Å². The van der Waals surface area contributed by atoms with Crippen molar-refractivity contribution in [2.24, 2.45) is 0 Å². The lowest BCUT2D eigenvalue weighted by Gasteiger charge is -2.29. The maximum atomic E-state index is 12.2. The molecule has 1 saturated heterocycles. The molecule has 0 bridgehead atoms. The molecular formula is C12H21N3O3. The maximum absolute atomic E-state index is 12.2. The van der Waals surface area contributed by atoms with Gasteiger partial charge in [-0.3, -0.25) is 9.59 Å². The fourth-order valence-corrected chi connectivity index (χ4v) is 2.15. The van der Waals surface area contributed by atoms with Crippen molar-refractivity contribution in [2.75, 3.05) is 46.4 Å². The Kier molecular flexibility index (Phi) is 4.54. The normalized spacial score (nSPS) is 19.7. The Bertz CT molecular complexity index is 312. The summed E-state index contributed by atoms with van der Waals surface area (Å²) in [4.78, 5) is 27.6. The number of nitrogens with zero attached hydrogens (tertiary/aromatic N) is 2. The van der Waals surface area contributed by atoms with Gasteiger partial charge in [-0.1, -0.05) is 0 Å². The van der Waals surface area contributed by atoms with Gasteiger partial charge in [-0.25, -0.2) is 0 Å². The standard InChI is InChI=1S/C12H21N3O3/c1-18-9-8-15(10-2-3-10)12(17)11(16)14-6-4-13-5-7-14/h10,13H,2-9H2,1H3. The molecule has 1 aliphatic heterocycles. The molecule has 2 rings (SSSR count). The van der Waals surface area contributed by atoms with Crippen molar-refractivity contribution in [1.82, 2.24) is 15.1 Å².